The minimum absolute atomic E-state index is 0.202. The fraction of sp³-hybridized carbons (Fsp3) is 0.500. The highest BCUT2D eigenvalue weighted by molar-refractivity contribution is 6.31. The fourth-order valence-electron chi connectivity index (χ4n) is 3.73. The third kappa shape index (κ3) is 6.65. The molecule has 7 heteroatoms. The van der Waals surface area contributed by atoms with Crippen molar-refractivity contribution in [3.63, 3.8) is 0 Å². The Hall–Kier alpha value is -1.67. The second-order valence-electron chi connectivity index (χ2n) is 7.85. The highest BCUT2D eigenvalue weighted by atomic mass is 35.5. The first-order chi connectivity index (χ1) is 15.0. The van der Waals surface area contributed by atoms with Gasteiger partial charge < -0.3 is 29.5 Å². The molecular formula is C24H31ClO6. The van der Waals surface area contributed by atoms with E-state index in [1.807, 2.05) is 30.3 Å². The Kier molecular flexibility index (Phi) is 9.14. The van der Waals surface area contributed by atoms with Crippen molar-refractivity contribution in [1.82, 2.24) is 0 Å². The van der Waals surface area contributed by atoms with Gasteiger partial charge in [0.25, 0.3) is 0 Å². The van der Waals surface area contributed by atoms with Crippen LogP contribution in [0.25, 0.3) is 0 Å². The van der Waals surface area contributed by atoms with Gasteiger partial charge >= 0.3 is 0 Å². The molecule has 2 heterocycles. The summed E-state index contributed by atoms with van der Waals surface area (Å²) in [6.07, 6.45) is 0.188. The third-order valence-corrected chi connectivity index (χ3v) is 5.90. The third-order valence-electron chi connectivity index (χ3n) is 5.53. The van der Waals surface area contributed by atoms with Crippen LogP contribution in [0.5, 0.6) is 5.75 Å². The van der Waals surface area contributed by atoms with Crippen LogP contribution < -0.4 is 4.74 Å². The van der Waals surface area contributed by atoms with Crippen LogP contribution in [-0.4, -0.2) is 60.6 Å². The molecule has 2 fully saturated rings. The molecule has 0 radical (unpaired) electrons. The molecular weight excluding hydrogens is 420 g/mol. The van der Waals surface area contributed by atoms with E-state index in [1.54, 1.807) is 19.2 Å². The van der Waals surface area contributed by atoms with E-state index in [2.05, 4.69) is 0 Å². The Labute approximate surface area is 188 Å². The van der Waals surface area contributed by atoms with Gasteiger partial charge in [-0.3, -0.25) is 0 Å². The van der Waals surface area contributed by atoms with E-state index in [1.165, 1.54) is 12.8 Å². The van der Waals surface area contributed by atoms with Crippen molar-refractivity contribution >= 4 is 11.6 Å². The van der Waals surface area contributed by atoms with E-state index < -0.39 is 24.4 Å². The van der Waals surface area contributed by atoms with Crippen molar-refractivity contribution in [2.75, 3.05) is 26.9 Å². The fourth-order valence-corrected chi connectivity index (χ4v) is 3.91. The lowest BCUT2D eigenvalue weighted by Crippen LogP contribution is -2.44. The summed E-state index contributed by atoms with van der Waals surface area (Å²) in [5.41, 5.74) is 2.69. The van der Waals surface area contributed by atoms with E-state index >= 15 is 0 Å². The Morgan fingerprint density at radius 1 is 1.06 bits per heavy atom. The van der Waals surface area contributed by atoms with Crippen molar-refractivity contribution in [3.05, 3.63) is 64.2 Å². The van der Waals surface area contributed by atoms with Gasteiger partial charge in [0, 0.05) is 24.7 Å². The topological polar surface area (TPSA) is 88.4 Å². The zero-order valence-corrected chi connectivity index (χ0v) is 18.5. The molecule has 2 aromatic carbocycles. The number of aliphatic hydroxyl groups excluding tert-OH is 3. The first kappa shape index (κ1) is 24.0. The van der Waals surface area contributed by atoms with Gasteiger partial charge in [0.05, 0.1) is 25.9 Å². The molecule has 0 amide bonds. The van der Waals surface area contributed by atoms with Crippen molar-refractivity contribution in [1.29, 1.82) is 0 Å². The quantitative estimate of drug-likeness (QED) is 0.648. The number of benzene rings is 2. The summed E-state index contributed by atoms with van der Waals surface area (Å²) in [5.74, 6) is 0.788. The number of aliphatic hydroxyl groups is 3. The minimum Gasteiger partial charge on any atom is -0.497 e. The highest BCUT2D eigenvalue weighted by Crippen LogP contribution is 2.34. The predicted molar refractivity (Wildman–Crippen MR) is 119 cm³/mol. The first-order valence-electron chi connectivity index (χ1n) is 10.6. The van der Waals surface area contributed by atoms with Crippen LogP contribution in [0.1, 0.15) is 42.1 Å². The van der Waals surface area contributed by atoms with Crippen molar-refractivity contribution < 1.29 is 29.5 Å². The molecule has 6 nitrogen and oxygen atoms in total. The average molecular weight is 451 g/mol. The van der Waals surface area contributed by atoms with E-state index in [0.717, 1.165) is 35.7 Å². The largest absolute Gasteiger partial charge is 0.497 e. The molecule has 0 aliphatic carbocycles. The monoisotopic (exact) mass is 450 g/mol. The van der Waals surface area contributed by atoms with Gasteiger partial charge in [-0.1, -0.05) is 35.9 Å². The van der Waals surface area contributed by atoms with Gasteiger partial charge in [0.2, 0.25) is 0 Å². The van der Waals surface area contributed by atoms with E-state index in [9.17, 15) is 15.3 Å². The standard InChI is InChI=1S/C20H23ClO5.C4H8O/c1-25-15-5-2-12(3-6-15)8-14-9-13(4-7-17(14)21)20-19(24)18(23)10-16(11-22)26-20;1-2-4-5-3-1/h2-7,9,16,18-20,22-24H,8,10-11H2,1H3;1-4H2. The van der Waals surface area contributed by atoms with Crippen molar-refractivity contribution in [2.24, 2.45) is 0 Å². The zero-order valence-electron chi connectivity index (χ0n) is 17.7. The summed E-state index contributed by atoms with van der Waals surface area (Å²) in [6, 6.07) is 13.2. The molecule has 31 heavy (non-hydrogen) atoms. The van der Waals surface area contributed by atoms with Gasteiger partial charge in [-0.15, -0.1) is 0 Å². The van der Waals surface area contributed by atoms with Crippen LogP contribution in [0.2, 0.25) is 5.02 Å². The Balaban J connectivity index is 0.000000478. The van der Waals surface area contributed by atoms with Crippen LogP contribution in [0.15, 0.2) is 42.5 Å². The van der Waals surface area contributed by atoms with Crippen LogP contribution >= 0.6 is 11.6 Å². The van der Waals surface area contributed by atoms with Crippen molar-refractivity contribution in [3.8, 4) is 5.75 Å². The first-order valence-corrected chi connectivity index (χ1v) is 11.0. The van der Waals surface area contributed by atoms with E-state index in [-0.39, 0.29) is 13.0 Å². The molecule has 3 N–H and O–H groups in total. The Bertz CT molecular complexity index is 801. The summed E-state index contributed by atoms with van der Waals surface area (Å²) in [5, 5.41) is 30.3. The van der Waals surface area contributed by atoms with Gasteiger partial charge in [0.1, 0.15) is 18.0 Å². The van der Waals surface area contributed by atoms with Gasteiger partial charge in [-0.25, -0.2) is 0 Å². The molecule has 4 atom stereocenters. The second-order valence-corrected chi connectivity index (χ2v) is 8.26. The Morgan fingerprint density at radius 3 is 2.35 bits per heavy atom. The summed E-state index contributed by atoms with van der Waals surface area (Å²) in [6.45, 7) is 1.80. The SMILES string of the molecule is C1CCOC1.COc1ccc(Cc2cc(C3OC(CO)CC(O)C3O)ccc2Cl)cc1. The van der Waals surface area contributed by atoms with E-state index in [4.69, 9.17) is 25.8 Å². The summed E-state index contributed by atoms with van der Waals surface area (Å²) in [7, 11) is 1.62. The predicted octanol–water partition coefficient (Wildman–Crippen LogP) is 3.28. The molecule has 0 bridgehead atoms. The molecule has 2 aromatic rings. The lowest BCUT2D eigenvalue weighted by atomic mass is 9.91. The van der Waals surface area contributed by atoms with Crippen LogP contribution in [0.3, 0.4) is 0 Å². The highest BCUT2D eigenvalue weighted by Gasteiger charge is 2.37. The van der Waals surface area contributed by atoms with Crippen LogP contribution in [0.4, 0.5) is 0 Å². The number of rotatable bonds is 5. The van der Waals surface area contributed by atoms with Crippen molar-refractivity contribution in [2.45, 2.75) is 50.1 Å². The average Bonchev–Trinajstić information content (AvgIpc) is 3.38. The van der Waals surface area contributed by atoms with Gasteiger partial charge in [0.15, 0.2) is 0 Å². The Morgan fingerprint density at radius 2 is 1.77 bits per heavy atom. The summed E-state index contributed by atoms with van der Waals surface area (Å²) >= 11 is 6.35. The second kappa shape index (κ2) is 11.8. The van der Waals surface area contributed by atoms with Gasteiger partial charge in [-0.2, -0.15) is 0 Å². The molecule has 4 rings (SSSR count). The number of methoxy groups -OCH3 is 1. The summed E-state index contributed by atoms with van der Waals surface area (Å²) in [4.78, 5) is 0. The molecule has 4 unspecified atom stereocenters. The van der Waals surface area contributed by atoms with Crippen LogP contribution in [-0.2, 0) is 15.9 Å². The molecule has 2 aliphatic rings. The molecule has 0 saturated carbocycles. The lowest BCUT2D eigenvalue weighted by Gasteiger charge is -2.37. The lowest BCUT2D eigenvalue weighted by molar-refractivity contribution is -0.179. The molecule has 0 spiro atoms. The number of halogens is 1. The van der Waals surface area contributed by atoms with E-state index in [0.29, 0.717) is 11.4 Å². The maximum absolute atomic E-state index is 10.3. The summed E-state index contributed by atoms with van der Waals surface area (Å²) < 4.78 is 15.9. The smallest absolute Gasteiger partial charge is 0.118 e. The maximum Gasteiger partial charge on any atom is 0.118 e. The molecule has 0 aromatic heterocycles. The molecule has 2 saturated heterocycles. The number of hydrogen-bond acceptors (Lipinski definition) is 6. The normalized spacial score (nSPS) is 25.6. The number of ether oxygens (including phenoxy) is 3. The zero-order chi connectivity index (χ0) is 22.2. The minimum atomic E-state index is -1.05. The number of hydrogen-bond donors (Lipinski definition) is 3. The maximum atomic E-state index is 10.3. The molecule has 2 aliphatic heterocycles. The van der Waals surface area contributed by atoms with Crippen LogP contribution in [0, 0.1) is 0 Å². The molecule has 170 valence electrons. The van der Waals surface area contributed by atoms with Gasteiger partial charge in [-0.05, 0) is 54.2 Å².